The van der Waals surface area contributed by atoms with Crippen LogP contribution in [0.25, 0.3) is 0 Å². The summed E-state index contributed by atoms with van der Waals surface area (Å²) in [6.07, 6.45) is 6.46. The van der Waals surface area contributed by atoms with Crippen LogP contribution in [0.5, 0.6) is 0 Å². The van der Waals surface area contributed by atoms with Gasteiger partial charge in [0.1, 0.15) is 6.10 Å². The van der Waals surface area contributed by atoms with E-state index in [0.717, 1.165) is 50.9 Å². The molecule has 0 bridgehead atoms. The van der Waals surface area contributed by atoms with E-state index in [1.54, 1.807) is 0 Å². The van der Waals surface area contributed by atoms with Gasteiger partial charge in [0.15, 0.2) is 0 Å². The number of amides is 1. The number of aromatic nitrogens is 1. The molecule has 4 nitrogen and oxygen atoms in total. The molecule has 18 heavy (non-hydrogen) atoms. The summed E-state index contributed by atoms with van der Waals surface area (Å²) in [5.74, 6) is 0.0466. The average molecular weight is 248 g/mol. The lowest BCUT2D eigenvalue weighted by molar-refractivity contribution is -0.130. The molecule has 0 unspecified atom stereocenters. The summed E-state index contributed by atoms with van der Waals surface area (Å²) in [5, 5.41) is 2.93. The molecule has 1 amide bonds. The first kappa shape index (κ1) is 13.0. The third kappa shape index (κ3) is 4.11. The zero-order valence-corrected chi connectivity index (χ0v) is 10.6. The van der Waals surface area contributed by atoms with Gasteiger partial charge in [-0.3, -0.25) is 9.78 Å². The molecule has 0 aliphatic carbocycles. The molecule has 2 rings (SSSR count). The van der Waals surface area contributed by atoms with E-state index in [4.69, 9.17) is 4.74 Å². The lowest BCUT2D eigenvalue weighted by atomic mass is 10.1. The number of nitrogens with zero attached hydrogens (tertiary/aromatic N) is 1. The fraction of sp³-hybridized carbons (Fsp3) is 0.571. The van der Waals surface area contributed by atoms with E-state index in [9.17, 15) is 4.79 Å². The van der Waals surface area contributed by atoms with Gasteiger partial charge < -0.3 is 10.1 Å². The largest absolute Gasteiger partial charge is 0.368 e. The van der Waals surface area contributed by atoms with E-state index >= 15 is 0 Å². The van der Waals surface area contributed by atoms with Crippen molar-refractivity contribution in [2.45, 2.75) is 38.2 Å². The second-order valence-corrected chi connectivity index (χ2v) is 4.57. The van der Waals surface area contributed by atoms with Crippen molar-refractivity contribution in [3.63, 3.8) is 0 Å². The highest BCUT2D eigenvalue weighted by Gasteiger charge is 2.22. The van der Waals surface area contributed by atoms with Crippen molar-refractivity contribution in [3.8, 4) is 0 Å². The van der Waals surface area contributed by atoms with Crippen LogP contribution in [0.1, 0.15) is 31.4 Å². The summed E-state index contributed by atoms with van der Waals surface area (Å²) in [6, 6.07) is 5.96. The Balaban J connectivity index is 1.54. The van der Waals surface area contributed by atoms with Crippen molar-refractivity contribution < 1.29 is 9.53 Å². The zero-order chi connectivity index (χ0) is 12.6. The molecule has 0 saturated carbocycles. The predicted molar refractivity (Wildman–Crippen MR) is 69.2 cm³/mol. The number of rotatable bonds is 6. The first-order chi connectivity index (χ1) is 8.86. The lowest BCUT2D eigenvalue weighted by Gasteiger charge is -2.09. The Labute approximate surface area is 108 Å². The maximum Gasteiger partial charge on any atom is 0.249 e. The van der Waals surface area contributed by atoms with Crippen LogP contribution in [0.3, 0.4) is 0 Å². The summed E-state index contributed by atoms with van der Waals surface area (Å²) in [6.45, 7) is 1.45. The zero-order valence-electron chi connectivity index (χ0n) is 10.6. The summed E-state index contributed by atoms with van der Waals surface area (Å²) in [5.41, 5.74) is 1.11. The number of pyridine rings is 1. The molecule has 1 saturated heterocycles. The number of carbonyl (C=O) groups is 1. The molecule has 1 fully saturated rings. The van der Waals surface area contributed by atoms with E-state index < -0.39 is 0 Å². The third-order valence-electron chi connectivity index (χ3n) is 3.11. The Morgan fingerprint density at radius 1 is 1.44 bits per heavy atom. The molecule has 0 aromatic carbocycles. The fourth-order valence-corrected chi connectivity index (χ4v) is 2.09. The van der Waals surface area contributed by atoms with Crippen LogP contribution in [0.15, 0.2) is 24.4 Å². The molecule has 4 heteroatoms. The molecule has 1 aliphatic heterocycles. The Hall–Kier alpha value is -1.42. The Bertz CT molecular complexity index is 361. The third-order valence-corrected chi connectivity index (χ3v) is 3.11. The van der Waals surface area contributed by atoms with Crippen molar-refractivity contribution in [2.24, 2.45) is 0 Å². The molecule has 1 aromatic rings. The van der Waals surface area contributed by atoms with Gasteiger partial charge in [-0.15, -0.1) is 0 Å². The number of ether oxygens (including phenoxy) is 1. The number of nitrogens with one attached hydrogen (secondary N) is 1. The van der Waals surface area contributed by atoms with Gasteiger partial charge in [0.25, 0.3) is 0 Å². The van der Waals surface area contributed by atoms with Crippen molar-refractivity contribution in [3.05, 3.63) is 30.1 Å². The van der Waals surface area contributed by atoms with Gasteiger partial charge >= 0.3 is 0 Å². The predicted octanol–water partition coefficient (Wildman–Crippen LogP) is 1.70. The smallest absolute Gasteiger partial charge is 0.249 e. The van der Waals surface area contributed by atoms with E-state index in [1.807, 2.05) is 24.4 Å². The maximum atomic E-state index is 11.6. The molecule has 1 N–H and O–H groups in total. The monoisotopic (exact) mass is 248 g/mol. The highest BCUT2D eigenvalue weighted by molar-refractivity contribution is 5.80. The standard InChI is InChI=1S/C14H20N2O2/c17-14(13-8-5-11-18-13)16-10-4-2-7-12-6-1-3-9-15-12/h1,3,6,9,13H,2,4-5,7-8,10-11H2,(H,16,17)/t13-/m1/s1. The summed E-state index contributed by atoms with van der Waals surface area (Å²) >= 11 is 0. The fourth-order valence-electron chi connectivity index (χ4n) is 2.09. The van der Waals surface area contributed by atoms with Crippen molar-refractivity contribution in [2.75, 3.05) is 13.2 Å². The number of aryl methyl sites for hydroxylation is 1. The van der Waals surface area contributed by atoms with Crippen LogP contribution in [0.2, 0.25) is 0 Å². The second kappa shape index (κ2) is 7.11. The van der Waals surface area contributed by atoms with Gasteiger partial charge in [0.2, 0.25) is 5.91 Å². The minimum absolute atomic E-state index is 0.0466. The minimum Gasteiger partial charge on any atom is -0.368 e. The lowest BCUT2D eigenvalue weighted by Crippen LogP contribution is -2.34. The topological polar surface area (TPSA) is 51.2 Å². The maximum absolute atomic E-state index is 11.6. The van der Waals surface area contributed by atoms with Crippen molar-refractivity contribution in [1.29, 1.82) is 0 Å². The summed E-state index contributed by atoms with van der Waals surface area (Å²) < 4.78 is 5.32. The van der Waals surface area contributed by atoms with Gasteiger partial charge in [-0.25, -0.2) is 0 Å². The van der Waals surface area contributed by atoms with Gasteiger partial charge in [-0.1, -0.05) is 6.07 Å². The van der Waals surface area contributed by atoms with Crippen molar-refractivity contribution >= 4 is 5.91 Å². The highest BCUT2D eigenvalue weighted by atomic mass is 16.5. The molecule has 1 atom stereocenters. The van der Waals surface area contributed by atoms with Crippen LogP contribution < -0.4 is 5.32 Å². The molecule has 98 valence electrons. The van der Waals surface area contributed by atoms with E-state index in [-0.39, 0.29) is 12.0 Å². The van der Waals surface area contributed by atoms with Crippen LogP contribution in [-0.4, -0.2) is 30.1 Å². The van der Waals surface area contributed by atoms with Crippen LogP contribution in [0.4, 0.5) is 0 Å². The minimum atomic E-state index is -0.208. The molecule has 2 heterocycles. The number of hydrogen-bond donors (Lipinski definition) is 1. The number of unbranched alkanes of at least 4 members (excludes halogenated alkanes) is 1. The molecule has 0 spiro atoms. The van der Waals surface area contributed by atoms with E-state index in [2.05, 4.69) is 10.3 Å². The highest BCUT2D eigenvalue weighted by Crippen LogP contribution is 2.11. The SMILES string of the molecule is O=C(NCCCCc1ccccn1)[C@H]1CCCO1. The Kier molecular flexibility index (Phi) is 5.15. The van der Waals surface area contributed by atoms with Crippen LogP contribution in [-0.2, 0) is 16.0 Å². The second-order valence-electron chi connectivity index (χ2n) is 4.57. The number of carbonyl (C=O) groups excluding carboxylic acids is 1. The van der Waals surface area contributed by atoms with Gasteiger partial charge in [-0.05, 0) is 44.2 Å². The van der Waals surface area contributed by atoms with Crippen molar-refractivity contribution in [1.82, 2.24) is 10.3 Å². The van der Waals surface area contributed by atoms with E-state index in [1.165, 1.54) is 0 Å². The molecular weight excluding hydrogens is 228 g/mol. The first-order valence-corrected chi connectivity index (χ1v) is 6.65. The van der Waals surface area contributed by atoms with Crippen LogP contribution >= 0.6 is 0 Å². The van der Waals surface area contributed by atoms with E-state index in [0.29, 0.717) is 0 Å². The molecule has 0 radical (unpaired) electrons. The summed E-state index contributed by atoms with van der Waals surface area (Å²) in [7, 11) is 0. The number of hydrogen-bond acceptors (Lipinski definition) is 3. The molecular formula is C14H20N2O2. The first-order valence-electron chi connectivity index (χ1n) is 6.65. The summed E-state index contributed by atoms with van der Waals surface area (Å²) in [4.78, 5) is 15.9. The Morgan fingerprint density at radius 3 is 3.11 bits per heavy atom. The molecule has 1 aliphatic rings. The van der Waals surface area contributed by atoms with Gasteiger partial charge in [0.05, 0.1) is 0 Å². The van der Waals surface area contributed by atoms with Crippen LogP contribution in [0, 0.1) is 0 Å². The van der Waals surface area contributed by atoms with Gasteiger partial charge in [-0.2, -0.15) is 0 Å². The average Bonchev–Trinajstić information content (AvgIpc) is 2.93. The molecule has 1 aromatic heterocycles. The Morgan fingerprint density at radius 2 is 2.39 bits per heavy atom. The normalized spacial score (nSPS) is 18.8. The quantitative estimate of drug-likeness (QED) is 0.780. The van der Waals surface area contributed by atoms with Gasteiger partial charge in [0, 0.05) is 25.0 Å².